The molecule has 0 saturated carbocycles. The molecule has 104 valence electrons. The van der Waals surface area contributed by atoms with Gasteiger partial charge in [0.25, 0.3) is 0 Å². The van der Waals surface area contributed by atoms with Crippen LogP contribution in [-0.4, -0.2) is 4.98 Å². The normalized spacial score (nSPS) is 22.1. The minimum atomic E-state index is 0.132. The Morgan fingerprint density at radius 3 is 2.95 bits per heavy atom. The van der Waals surface area contributed by atoms with Gasteiger partial charge in [-0.25, -0.2) is 0 Å². The van der Waals surface area contributed by atoms with Gasteiger partial charge in [-0.1, -0.05) is 24.3 Å². The van der Waals surface area contributed by atoms with E-state index < -0.39 is 0 Å². The number of halogens is 1. The molecule has 0 saturated heterocycles. The first kappa shape index (κ1) is 13.8. The van der Waals surface area contributed by atoms with Crippen LogP contribution in [0.5, 0.6) is 0 Å². The summed E-state index contributed by atoms with van der Waals surface area (Å²) in [4.78, 5) is 4.25. The van der Waals surface area contributed by atoms with E-state index in [1.807, 2.05) is 12.4 Å². The van der Waals surface area contributed by atoms with Crippen molar-refractivity contribution in [2.45, 2.75) is 31.7 Å². The second-order valence-electron chi connectivity index (χ2n) is 5.59. The second kappa shape index (κ2) is 6.06. The smallest absolute Gasteiger partial charge is 0.0410 e. The van der Waals surface area contributed by atoms with Crippen LogP contribution in [0.25, 0.3) is 0 Å². The van der Waals surface area contributed by atoms with Crippen molar-refractivity contribution in [1.82, 2.24) is 4.98 Å². The zero-order valence-corrected chi connectivity index (χ0v) is 13.0. The van der Waals surface area contributed by atoms with Crippen molar-refractivity contribution in [3.05, 3.63) is 63.9 Å². The molecule has 0 fully saturated rings. The van der Waals surface area contributed by atoms with Crippen LogP contribution in [0, 0.1) is 5.92 Å². The minimum absolute atomic E-state index is 0.132. The summed E-state index contributed by atoms with van der Waals surface area (Å²) in [6.45, 7) is 0. The molecular formula is C17H19BrN2. The third-order valence-corrected chi connectivity index (χ3v) is 4.64. The molecule has 2 atom stereocenters. The van der Waals surface area contributed by atoms with Crippen molar-refractivity contribution in [2.75, 3.05) is 0 Å². The van der Waals surface area contributed by atoms with Gasteiger partial charge in [0.2, 0.25) is 0 Å². The van der Waals surface area contributed by atoms with Gasteiger partial charge >= 0.3 is 0 Å². The van der Waals surface area contributed by atoms with E-state index in [1.54, 1.807) is 0 Å². The molecule has 3 heteroatoms. The van der Waals surface area contributed by atoms with Crippen molar-refractivity contribution in [3.63, 3.8) is 0 Å². The number of pyridine rings is 1. The lowest BCUT2D eigenvalue weighted by molar-refractivity contribution is 0.401. The highest BCUT2D eigenvalue weighted by Gasteiger charge is 2.24. The molecule has 0 bridgehead atoms. The van der Waals surface area contributed by atoms with E-state index in [4.69, 9.17) is 5.73 Å². The van der Waals surface area contributed by atoms with Gasteiger partial charge in [0, 0.05) is 22.9 Å². The molecule has 1 aliphatic carbocycles. The van der Waals surface area contributed by atoms with E-state index in [0.29, 0.717) is 5.92 Å². The van der Waals surface area contributed by atoms with E-state index in [9.17, 15) is 0 Å². The summed E-state index contributed by atoms with van der Waals surface area (Å²) in [6, 6.07) is 10.9. The number of hydrogen-bond donors (Lipinski definition) is 1. The van der Waals surface area contributed by atoms with Crippen LogP contribution in [0.1, 0.15) is 35.6 Å². The standard InChI is InChI=1S/C17H19BrN2/c18-15-9-12(10-20-11-15)8-14-6-3-5-13-4-1-2-7-16(13)17(14)19/h1-2,4,7,9-11,14,17H,3,5-6,8,19H2. The molecule has 3 rings (SSSR count). The monoisotopic (exact) mass is 330 g/mol. The Bertz CT molecular complexity index is 597. The number of nitrogens with two attached hydrogens (primary N) is 1. The quantitative estimate of drug-likeness (QED) is 0.844. The van der Waals surface area contributed by atoms with Gasteiger partial charge in [0.15, 0.2) is 0 Å². The highest BCUT2D eigenvalue weighted by Crippen LogP contribution is 2.33. The molecule has 2 nitrogen and oxygen atoms in total. The van der Waals surface area contributed by atoms with Crippen LogP contribution in [0.2, 0.25) is 0 Å². The third-order valence-electron chi connectivity index (χ3n) is 4.20. The summed E-state index contributed by atoms with van der Waals surface area (Å²) in [6.07, 6.45) is 8.33. The first-order valence-corrected chi connectivity index (χ1v) is 7.96. The molecular weight excluding hydrogens is 312 g/mol. The second-order valence-corrected chi connectivity index (χ2v) is 6.51. The minimum Gasteiger partial charge on any atom is -0.324 e. The molecule has 0 aliphatic heterocycles. The number of aromatic nitrogens is 1. The van der Waals surface area contributed by atoms with Gasteiger partial charge in [-0.2, -0.15) is 0 Å². The SMILES string of the molecule is NC1c2ccccc2CCCC1Cc1cncc(Br)c1. The molecule has 1 aromatic carbocycles. The van der Waals surface area contributed by atoms with Crippen molar-refractivity contribution < 1.29 is 0 Å². The number of aryl methyl sites for hydroxylation is 1. The predicted octanol–water partition coefficient (Wildman–Crippen LogP) is 4.04. The number of nitrogens with zero attached hydrogens (tertiary/aromatic N) is 1. The van der Waals surface area contributed by atoms with Crippen LogP contribution < -0.4 is 5.73 Å². The Morgan fingerprint density at radius 1 is 1.25 bits per heavy atom. The van der Waals surface area contributed by atoms with Gasteiger partial charge in [-0.05, 0) is 70.3 Å². The predicted molar refractivity (Wildman–Crippen MR) is 85.4 cm³/mol. The van der Waals surface area contributed by atoms with Crippen LogP contribution in [0.15, 0.2) is 47.2 Å². The Kier molecular flexibility index (Phi) is 4.18. The van der Waals surface area contributed by atoms with Crippen molar-refractivity contribution >= 4 is 15.9 Å². The molecule has 1 heterocycles. The molecule has 2 N–H and O–H groups in total. The zero-order valence-electron chi connectivity index (χ0n) is 11.4. The van der Waals surface area contributed by atoms with Gasteiger partial charge in [0.05, 0.1) is 0 Å². The highest BCUT2D eigenvalue weighted by molar-refractivity contribution is 9.10. The Morgan fingerprint density at radius 2 is 2.10 bits per heavy atom. The maximum absolute atomic E-state index is 6.54. The largest absolute Gasteiger partial charge is 0.324 e. The summed E-state index contributed by atoms with van der Waals surface area (Å²) in [7, 11) is 0. The molecule has 0 amide bonds. The molecule has 0 radical (unpaired) electrons. The Balaban J connectivity index is 1.84. The fraction of sp³-hybridized carbons (Fsp3) is 0.353. The molecule has 2 aromatic rings. The van der Waals surface area contributed by atoms with E-state index in [-0.39, 0.29) is 6.04 Å². The summed E-state index contributed by atoms with van der Waals surface area (Å²) in [5.41, 5.74) is 10.6. The molecule has 1 aliphatic rings. The topological polar surface area (TPSA) is 38.9 Å². The number of fused-ring (bicyclic) bond motifs is 1. The highest BCUT2D eigenvalue weighted by atomic mass is 79.9. The molecule has 2 unspecified atom stereocenters. The van der Waals surface area contributed by atoms with Crippen molar-refractivity contribution in [3.8, 4) is 0 Å². The number of hydrogen-bond acceptors (Lipinski definition) is 2. The average Bonchev–Trinajstić information content (AvgIpc) is 2.60. The van der Waals surface area contributed by atoms with E-state index in [2.05, 4.69) is 51.2 Å². The summed E-state index contributed by atoms with van der Waals surface area (Å²) in [5, 5.41) is 0. The van der Waals surface area contributed by atoms with E-state index in [0.717, 1.165) is 17.3 Å². The first-order valence-electron chi connectivity index (χ1n) is 7.17. The Hall–Kier alpha value is -1.19. The van der Waals surface area contributed by atoms with Crippen molar-refractivity contribution in [1.29, 1.82) is 0 Å². The first-order chi connectivity index (χ1) is 9.74. The van der Waals surface area contributed by atoms with E-state index in [1.165, 1.54) is 29.5 Å². The van der Waals surface area contributed by atoms with Gasteiger partial charge in [0.1, 0.15) is 0 Å². The molecule has 20 heavy (non-hydrogen) atoms. The van der Waals surface area contributed by atoms with E-state index >= 15 is 0 Å². The lowest BCUT2D eigenvalue weighted by atomic mass is 9.87. The molecule has 0 spiro atoms. The van der Waals surface area contributed by atoms with Gasteiger partial charge in [-0.3, -0.25) is 4.98 Å². The average molecular weight is 331 g/mol. The number of benzene rings is 1. The van der Waals surface area contributed by atoms with Crippen molar-refractivity contribution in [2.24, 2.45) is 11.7 Å². The van der Waals surface area contributed by atoms with Crippen LogP contribution >= 0.6 is 15.9 Å². The van der Waals surface area contributed by atoms with Crippen LogP contribution in [0.4, 0.5) is 0 Å². The zero-order chi connectivity index (χ0) is 13.9. The van der Waals surface area contributed by atoms with Crippen LogP contribution in [0.3, 0.4) is 0 Å². The number of rotatable bonds is 2. The lowest BCUT2D eigenvalue weighted by Gasteiger charge is -2.23. The fourth-order valence-corrected chi connectivity index (χ4v) is 3.59. The third kappa shape index (κ3) is 2.94. The van der Waals surface area contributed by atoms with Crippen LogP contribution in [-0.2, 0) is 12.8 Å². The van der Waals surface area contributed by atoms with Gasteiger partial charge < -0.3 is 5.73 Å². The summed E-state index contributed by atoms with van der Waals surface area (Å²) < 4.78 is 1.04. The maximum Gasteiger partial charge on any atom is 0.0410 e. The maximum atomic E-state index is 6.54. The summed E-state index contributed by atoms with van der Waals surface area (Å²) >= 11 is 3.49. The molecule has 1 aromatic heterocycles. The fourth-order valence-electron chi connectivity index (χ4n) is 3.17. The Labute approximate surface area is 128 Å². The summed E-state index contributed by atoms with van der Waals surface area (Å²) in [5.74, 6) is 0.495. The lowest BCUT2D eigenvalue weighted by Crippen LogP contribution is -2.23. The van der Waals surface area contributed by atoms with Gasteiger partial charge in [-0.15, -0.1) is 0 Å².